The molecular formula is C13H19NO4S2. The smallest absolute Gasteiger partial charge is 0.308 e. The first-order chi connectivity index (χ1) is 9.38. The summed E-state index contributed by atoms with van der Waals surface area (Å²) in [6.45, 7) is 2.62. The Kier molecular flexibility index (Phi) is 4.82. The van der Waals surface area contributed by atoms with Crippen LogP contribution in [0.4, 0.5) is 0 Å². The van der Waals surface area contributed by atoms with Crippen LogP contribution in [0.25, 0.3) is 0 Å². The van der Waals surface area contributed by atoms with Crippen LogP contribution in [-0.4, -0.2) is 26.0 Å². The van der Waals surface area contributed by atoms with Crippen molar-refractivity contribution in [2.45, 2.75) is 36.8 Å². The van der Waals surface area contributed by atoms with E-state index in [1.807, 2.05) is 0 Å². The number of aliphatic carboxylic acids is 1. The maximum Gasteiger partial charge on any atom is 0.308 e. The first-order valence-electron chi connectivity index (χ1n) is 6.68. The molecule has 0 aliphatic heterocycles. The highest BCUT2D eigenvalue weighted by Gasteiger charge is 2.26. The maximum absolute atomic E-state index is 12.1. The summed E-state index contributed by atoms with van der Waals surface area (Å²) in [5.41, 5.74) is 0. The van der Waals surface area contributed by atoms with Gasteiger partial charge in [0.1, 0.15) is 4.21 Å². The fraction of sp³-hybridized carbons (Fsp3) is 0.615. The number of thiophene rings is 1. The molecule has 1 heterocycles. The van der Waals surface area contributed by atoms with Gasteiger partial charge in [-0.2, -0.15) is 0 Å². The van der Waals surface area contributed by atoms with Crippen LogP contribution in [0.3, 0.4) is 0 Å². The van der Waals surface area contributed by atoms with Crippen LogP contribution in [0, 0.1) is 11.8 Å². The Balaban J connectivity index is 1.99. The molecule has 2 atom stereocenters. The molecule has 0 saturated heterocycles. The van der Waals surface area contributed by atoms with Crippen LogP contribution in [0.2, 0.25) is 0 Å². The number of hydrogen-bond donors (Lipinski definition) is 2. The van der Waals surface area contributed by atoms with Crippen molar-refractivity contribution < 1.29 is 18.3 Å². The van der Waals surface area contributed by atoms with Gasteiger partial charge in [0, 0.05) is 11.4 Å². The standard InChI is InChI=1S/C13H19NO4S2/c1-9-3-2-4-10(9)8-14-20(17,18)13-6-5-11(19-13)7-12(15)16/h5-6,9-10,14H,2-4,7-8H2,1H3,(H,15,16). The highest BCUT2D eigenvalue weighted by Crippen LogP contribution is 2.31. The van der Waals surface area contributed by atoms with Gasteiger partial charge in [0.2, 0.25) is 10.0 Å². The highest BCUT2D eigenvalue weighted by molar-refractivity contribution is 7.91. The van der Waals surface area contributed by atoms with Gasteiger partial charge in [0.25, 0.3) is 0 Å². The van der Waals surface area contributed by atoms with Crippen LogP contribution >= 0.6 is 11.3 Å². The van der Waals surface area contributed by atoms with Gasteiger partial charge in [-0.1, -0.05) is 19.8 Å². The third-order valence-electron chi connectivity index (χ3n) is 3.80. The van der Waals surface area contributed by atoms with E-state index in [1.54, 1.807) is 6.07 Å². The number of sulfonamides is 1. The van der Waals surface area contributed by atoms with E-state index in [2.05, 4.69) is 11.6 Å². The van der Waals surface area contributed by atoms with E-state index in [1.165, 1.54) is 6.07 Å². The van der Waals surface area contributed by atoms with Crippen LogP contribution < -0.4 is 4.72 Å². The molecule has 0 radical (unpaired) electrons. The van der Waals surface area contributed by atoms with Crippen molar-refractivity contribution in [2.24, 2.45) is 11.8 Å². The van der Waals surface area contributed by atoms with E-state index in [4.69, 9.17) is 5.11 Å². The summed E-state index contributed by atoms with van der Waals surface area (Å²) in [6, 6.07) is 3.04. The minimum atomic E-state index is -3.51. The van der Waals surface area contributed by atoms with E-state index in [9.17, 15) is 13.2 Å². The molecule has 2 N–H and O–H groups in total. The number of nitrogens with one attached hydrogen (secondary N) is 1. The van der Waals surface area contributed by atoms with Crippen molar-refractivity contribution in [1.29, 1.82) is 0 Å². The van der Waals surface area contributed by atoms with Crippen molar-refractivity contribution >= 4 is 27.3 Å². The highest BCUT2D eigenvalue weighted by atomic mass is 32.2. The number of rotatable bonds is 6. The maximum atomic E-state index is 12.1. The lowest BCUT2D eigenvalue weighted by atomic mass is 9.99. The molecule has 1 aliphatic rings. The molecule has 2 rings (SSSR count). The summed E-state index contributed by atoms with van der Waals surface area (Å²) >= 11 is 1.02. The molecule has 1 aromatic rings. The molecule has 7 heteroatoms. The summed E-state index contributed by atoms with van der Waals surface area (Å²) < 4.78 is 27.1. The zero-order valence-electron chi connectivity index (χ0n) is 11.3. The quantitative estimate of drug-likeness (QED) is 0.841. The summed E-state index contributed by atoms with van der Waals surface area (Å²) in [4.78, 5) is 11.2. The van der Waals surface area contributed by atoms with Gasteiger partial charge in [-0.25, -0.2) is 13.1 Å². The lowest BCUT2D eigenvalue weighted by Gasteiger charge is -2.15. The average molecular weight is 317 g/mol. The lowest BCUT2D eigenvalue weighted by molar-refractivity contribution is -0.136. The van der Waals surface area contributed by atoms with E-state index >= 15 is 0 Å². The van der Waals surface area contributed by atoms with Gasteiger partial charge in [-0.05, 0) is 30.4 Å². The van der Waals surface area contributed by atoms with Crippen molar-refractivity contribution in [3.8, 4) is 0 Å². The number of hydrogen-bond acceptors (Lipinski definition) is 4. The molecule has 0 spiro atoms. The zero-order valence-corrected chi connectivity index (χ0v) is 13.0. The Bertz CT molecular complexity index is 579. The van der Waals surface area contributed by atoms with Gasteiger partial charge >= 0.3 is 5.97 Å². The fourth-order valence-electron chi connectivity index (χ4n) is 2.56. The first kappa shape index (κ1) is 15.5. The molecule has 1 aliphatic carbocycles. The van der Waals surface area contributed by atoms with Crippen LogP contribution in [0.15, 0.2) is 16.3 Å². The van der Waals surface area contributed by atoms with E-state index in [-0.39, 0.29) is 10.6 Å². The second-order valence-corrected chi connectivity index (χ2v) is 8.47. The van der Waals surface area contributed by atoms with Crippen LogP contribution in [0.5, 0.6) is 0 Å². The van der Waals surface area contributed by atoms with Gasteiger partial charge < -0.3 is 5.11 Å². The van der Waals surface area contributed by atoms with E-state index in [0.29, 0.717) is 23.3 Å². The molecule has 1 fully saturated rings. The Labute approximate surface area is 123 Å². The molecule has 112 valence electrons. The van der Waals surface area contributed by atoms with E-state index in [0.717, 1.165) is 30.6 Å². The second kappa shape index (κ2) is 6.24. The molecule has 20 heavy (non-hydrogen) atoms. The molecular weight excluding hydrogens is 298 g/mol. The number of carboxylic acid groups (broad SMARTS) is 1. The third-order valence-corrected chi connectivity index (χ3v) is 6.80. The SMILES string of the molecule is CC1CCCC1CNS(=O)(=O)c1ccc(CC(=O)O)s1. The monoisotopic (exact) mass is 317 g/mol. The predicted molar refractivity (Wildman–Crippen MR) is 77.4 cm³/mol. The lowest BCUT2D eigenvalue weighted by Crippen LogP contribution is -2.29. The van der Waals surface area contributed by atoms with Crippen molar-refractivity contribution in [2.75, 3.05) is 6.54 Å². The summed E-state index contributed by atoms with van der Waals surface area (Å²) in [7, 11) is -3.51. The van der Waals surface area contributed by atoms with Crippen molar-refractivity contribution in [3.05, 3.63) is 17.0 Å². The number of carboxylic acids is 1. The molecule has 2 unspecified atom stereocenters. The Morgan fingerprint density at radius 1 is 1.45 bits per heavy atom. The van der Waals surface area contributed by atoms with Crippen molar-refractivity contribution in [1.82, 2.24) is 4.72 Å². The molecule has 1 aromatic heterocycles. The Morgan fingerprint density at radius 3 is 2.80 bits per heavy atom. The Morgan fingerprint density at radius 2 is 2.20 bits per heavy atom. The van der Waals surface area contributed by atoms with Gasteiger partial charge in [0.15, 0.2) is 0 Å². The first-order valence-corrected chi connectivity index (χ1v) is 8.98. The molecule has 1 saturated carbocycles. The Hall–Kier alpha value is -0.920. The summed E-state index contributed by atoms with van der Waals surface area (Å²) in [6.07, 6.45) is 3.25. The average Bonchev–Trinajstić information content (AvgIpc) is 2.95. The van der Waals surface area contributed by atoms with E-state index < -0.39 is 16.0 Å². The third kappa shape index (κ3) is 3.80. The zero-order chi connectivity index (χ0) is 14.8. The van der Waals surface area contributed by atoms with Crippen molar-refractivity contribution in [3.63, 3.8) is 0 Å². The normalized spacial score (nSPS) is 23.1. The molecule has 0 aromatic carbocycles. The topological polar surface area (TPSA) is 83.5 Å². The molecule has 5 nitrogen and oxygen atoms in total. The van der Waals surface area contributed by atoms with Crippen LogP contribution in [0.1, 0.15) is 31.1 Å². The van der Waals surface area contributed by atoms with Gasteiger partial charge in [-0.15, -0.1) is 11.3 Å². The van der Waals surface area contributed by atoms with Crippen LogP contribution in [-0.2, 0) is 21.2 Å². The molecule has 0 bridgehead atoms. The minimum Gasteiger partial charge on any atom is -0.481 e. The minimum absolute atomic E-state index is 0.139. The fourth-order valence-corrected chi connectivity index (χ4v) is 5.05. The summed E-state index contributed by atoms with van der Waals surface area (Å²) in [5.74, 6) is 0.00960. The van der Waals surface area contributed by atoms with Gasteiger partial charge in [-0.3, -0.25) is 4.79 Å². The van der Waals surface area contributed by atoms with Gasteiger partial charge in [0.05, 0.1) is 6.42 Å². The molecule has 0 amide bonds. The number of carbonyl (C=O) groups is 1. The second-order valence-electron chi connectivity index (χ2n) is 5.31. The predicted octanol–water partition coefficient (Wildman–Crippen LogP) is 2.09. The summed E-state index contributed by atoms with van der Waals surface area (Å²) in [5, 5.41) is 8.70. The largest absolute Gasteiger partial charge is 0.481 e.